The fourth-order valence-electron chi connectivity index (χ4n) is 2.68. The average Bonchev–Trinajstić information content (AvgIpc) is 3.06. The first-order chi connectivity index (χ1) is 12.1. The van der Waals surface area contributed by atoms with Gasteiger partial charge in [0.2, 0.25) is 0 Å². The number of anilines is 4. The molecular weight excluding hydrogens is 330 g/mol. The molecule has 0 unspecified atom stereocenters. The summed E-state index contributed by atoms with van der Waals surface area (Å²) >= 11 is 1.59. The molecular formula is C19H17N5S. The quantitative estimate of drug-likeness (QED) is 0.540. The summed E-state index contributed by atoms with van der Waals surface area (Å²) in [6.45, 7) is 0. The van der Waals surface area contributed by atoms with Crippen molar-refractivity contribution in [2.45, 2.75) is 0 Å². The predicted molar refractivity (Wildman–Crippen MR) is 106 cm³/mol. The van der Waals surface area contributed by atoms with E-state index in [1.54, 1.807) is 11.3 Å². The number of hydrogen-bond acceptors (Lipinski definition) is 6. The summed E-state index contributed by atoms with van der Waals surface area (Å²) in [7, 11) is 2.03. The molecule has 0 fully saturated rings. The number of benzene rings is 2. The first-order valence-electron chi connectivity index (χ1n) is 7.83. The lowest BCUT2D eigenvalue weighted by Crippen LogP contribution is -2.06. The second-order valence-electron chi connectivity index (χ2n) is 5.76. The molecule has 0 aliphatic carbocycles. The Hall–Kier alpha value is -3.12. The van der Waals surface area contributed by atoms with Gasteiger partial charge in [0.05, 0.1) is 10.4 Å². The van der Waals surface area contributed by atoms with Gasteiger partial charge in [-0.25, -0.2) is 9.97 Å². The van der Waals surface area contributed by atoms with Gasteiger partial charge in [-0.15, -0.1) is 0 Å². The number of aromatic nitrogens is 2. The average molecular weight is 347 g/mol. The highest BCUT2D eigenvalue weighted by atomic mass is 32.1. The van der Waals surface area contributed by atoms with Gasteiger partial charge >= 0.3 is 0 Å². The lowest BCUT2D eigenvalue weighted by molar-refractivity contribution is 1.24. The van der Waals surface area contributed by atoms with Crippen LogP contribution in [0, 0.1) is 0 Å². The molecule has 4 rings (SSSR count). The van der Waals surface area contributed by atoms with E-state index in [2.05, 4.69) is 27.0 Å². The van der Waals surface area contributed by atoms with E-state index in [4.69, 9.17) is 11.5 Å². The monoisotopic (exact) mass is 347 g/mol. The van der Waals surface area contributed by atoms with Crippen molar-refractivity contribution in [3.8, 4) is 11.4 Å². The van der Waals surface area contributed by atoms with Gasteiger partial charge in [0.15, 0.2) is 5.82 Å². The minimum Gasteiger partial charge on any atom is -0.399 e. The summed E-state index contributed by atoms with van der Waals surface area (Å²) in [5, 5.41) is 1.93. The van der Waals surface area contributed by atoms with Crippen molar-refractivity contribution in [2.24, 2.45) is 0 Å². The molecule has 0 saturated heterocycles. The molecule has 4 aromatic rings. The molecule has 0 aliphatic rings. The van der Waals surface area contributed by atoms with E-state index < -0.39 is 0 Å². The number of para-hydroxylation sites is 1. The predicted octanol–water partition coefficient (Wildman–Crippen LogP) is 4.29. The first kappa shape index (κ1) is 15.4. The molecule has 6 heteroatoms. The Kier molecular flexibility index (Phi) is 3.74. The van der Waals surface area contributed by atoms with E-state index in [0.717, 1.165) is 26.5 Å². The summed E-state index contributed by atoms with van der Waals surface area (Å²) in [5.41, 5.74) is 14.7. The molecule has 2 aromatic heterocycles. The minimum atomic E-state index is 0.478. The molecule has 0 amide bonds. The van der Waals surface area contributed by atoms with E-state index in [-0.39, 0.29) is 0 Å². The van der Waals surface area contributed by atoms with Crippen molar-refractivity contribution in [1.82, 2.24) is 9.97 Å². The summed E-state index contributed by atoms with van der Waals surface area (Å²) in [6, 6.07) is 19.7. The van der Waals surface area contributed by atoms with E-state index in [9.17, 15) is 0 Å². The van der Waals surface area contributed by atoms with Crippen LogP contribution in [-0.4, -0.2) is 17.0 Å². The highest BCUT2D eigenvalue weighted by Crippen LogP contribution is 2.37. The summed E-state index contributed by atoms with van der Waals surface area (Å²) in [4.78, 5) is 12.1. The van der Waals surface area contributed by atoms with Crippen LogP contribution in [0.25, 0.3) is 21.6 Å². The maximum atomic E-state index is 6.19. The molecule has 25 heavy (non-hydrogen) atoms. The maximum absolute atomic E-state index is 6.19. The van der Waals surface area contributed by atoms with Crippen LogP contribution < -0.4 is 16.4 Å². The van der Waals surface area contributed by atoms with E-state index in [1.807, 2.05) is 55.6 Å². The van der Waals surface area contributed by atoms with Crippen molar-refractivity contribution in [1.29, 1.82) is 0 Å². The van der Waals surface area contributed by atoms with Crippen molar-refractivity contribution in [3.05, 3.63) is 60.7 Å². The minimum absolute atomic E-state index is 0.478. The summed E-state index contributed by atoms with van der Waals surface area (Å²) < 4.78 is 0. The number of thiophene rings is 1. The molecule has 2 heterocycles. The van der Waals surface area contributed by atoms with E-state index in [1.165, 1.54) is 0 Å². The van der Waals surface area contributed by atoms with Crippen molar-refractivity contribution in [2.75, 3.05) is 23.4 Å². The maximum Gasteiger partial charge on any atom is 0.163 e. The third kappa shape index (κ3) is 2.88. The Bertz CT molecular complexity index is 1040. The lowest BCUT2D eigenvalue weighted by Gasteiger charge is -2.16. The SMILES string of the molecule is CN(c1ccccc1)c1cc2c(N)nc(-c3cccc(N)c3)nc2s1. The smallest absolute Gasteiger partial charge is 0.163 e. The normalized spacial score (nSPS) is 10.9. The molecule has 0 aliphatic heterocycles. The number of nitrogens with two attached hydrogens (primary N) is 2. The number of hydrogen-bond donors (Lipinski definition) is 2. The van der Waals surface area contributed by atoms with Gasteiger partial charge in [-0.05, 0) is 30.3 Å². The fraction of sp³-hybridized carbons (Fsp3) is 0.0526. The third-order valence-electron chi connectivity index (χ3n) is 4.03. The first-order valence-corrected chi connectivity index (χ1v) is 8.65. The van der Waals surface area contributed by atoms with Crippen molar-refractivity contribution in [3.63, 3.8) is 0 Å². The van der Waals surface area contributed by atoms with Gasteiger partial charge in [0, 0.05) is 24.0 Å². The van der Waals surface area contributed by atoms with Crippen LogP contribution in [0.2, 0.25) is 0 Å². The van der Waals surface area contributed by atoms with Crippen molar-refractivity contribution >= 4 is 43.7 Å². The van der Waals surface area contributed by atoms with Gasteiger partial charge in [-0.2, -0.15) is 0 Å². The zero-order valence-corrected chi connectivity index (χ0v) is 14.5. The Morgan fingerprint density at radius 3 is 2.48 bits per heavy atom. The van der Waals surface area contributed by atoms with Gasteiger partial charge < -0.3 is 16.4 Å². The fourth-order valence-corrected chi connectivity index (χ4v) is 3.70. The molecule has 5 nitrogen and oxygen atoms in total. The second kappa shape index (κ2) is 6.07. The zero-order chi connectivity index (χ0) is 17.4. The highest BCUT2D eigenvalue weighted by Gasteiger charge is 2.14. The van der Waals surface area contributed by atoms with Gasteiger partial charge in [0.1, 0.15) is 10.6 Å². The van der Waals surface area contributed by atoms with Crippen LogP contribution in [0.3, 0.4) is 0 Å². The molecule has 4 N–H and O–H groups in total. The summed E-state index contributed by atoms with van der Waals surface area (Å²) in [5.74, 6) is 1.07. The number of rotatable bonds is 3. The molecule has 124 valence electrons. The largest absolute Gasteiger partial charge is 0.399 e. The Labute approximate surface area is 149 Å². The Balaban J connectivity index is 1.80. The second-order valence-corrected chi connectivity index (χ2v) is 6.77. The number of nitrogens with zero attached hydrogens (tertiary/aromatic N) is 3. The van der Waals surface area contributed by atoms with Crippen LogP contribution in [0.15, 0.2) is 60.7 Å². The lowest BCUT2D eigenvalue weighted by atomic mass is 10.2. The van der Waals surface area contributed by atoms with Crippen molar-refractivity contribution < 1.29 is 0 Å². The molecule has 0 saturated carbocycles. The third-order valence-corrected chi connectivity index (χ3v) is 5.13. The topological polar surface area (TPSA) is 81.1 Å². The van der Waals surface area contributed by atoms with Gasteiger partial charge in [-0.1, -0.05) is 41.7 Å². The van der Waals surface area contributed by atoms with Crippen LogP contribution in [0.1, 0.15) is 0 Å². The van der Waals surface area contributed by atoms with Crippen LogP contribution in [-0.2, 0) is 0 Å². The molecule has 0 bridgehead atoms. The zero-order valence-electron chi connectivity index (χ0n) is 13.7. The highest BCUT2D eigenvalue weighted by molar-refractivity contribution is 7.22. The number of nitrogen functional groups attached to an aromatic ring is 2. The molecule has 0 spiro atoms. The Morgan fingerprint density at radius 1 is 0.920 bits per heavy atom. The molecule has 0 atom stereocenters. The van der Waals surface area contributed by atoms with Gasteiger partial charge in [-0.3, -0.25) is 0 Å². The van der Waals surface area contributed by atoms with Crippen LogP contribution >= 0.6 is 11.3 Å². The van der Waals surface area contributed by atoms with E-state index >= 15 is 0 Å². The molecule has 2 aromatic carbocycles. The van der Waals surface area contributed by atoms with Crippen LogP contribution in [0.5, 0.6) is 0 Å². The standard InChI is InChI=1S/C19H17N5S/c1-24(14-8-3-2-4-9-14)16-11-15-17(21)22-18(23-19(15)25-16)12-6-5-7-13(20)10-12/h2-11H,20H2,1H3,(H2,21,22,23). The van der Waals surface area contributed by atoms with Crippen LogP contribution in [0.4, 0.5) is 22.2 Å². The van der Waals surface area contributed by atoms with E-state index in [0.29, 0.717) is 17.3 Å². The number of fused-ring (bicyclic) bond motifs is 1. The van der Waals surface area contributed by atoms with Gasteiger partial charge in [0.25, 0.3) is 0 Å². The molecule has 0 radical (unpaired) electrons. The summed E-state index contributed by atoms with van der Waals surface area (Å²) in [6.07, 6.45) is 0. The Morgan fingerprint density at radius 2 is 1.72 bits per heavy atom.